The molecule has 0 aliphatic rings. The van der Waals surface area contributed by atoms with Crippen molar-refractivity contribution in [3.63, 3.8) is 0 Å². The van der Waals surface area contributed by atoms with Crippen molar-refractivity contribution in [3.8, 4) is 0 Å². The molecule has 0 bridgehead atoms. The summed E-state index contributed by atoms with van der Waals surface area (Å²) >= 11 is 1.91. The van der Waals surface area contributed by atoms with Crippen LogP contribution in [0.1, 0.15) is 35.9 Å². The van der Waals surface area contributed by atoms with Crippen LogP contribution in [0.4, 0.5) is 0 Å². The Labute approximate surface area is 85.2 Å². The van der Waals surface area contributed by atoms with Gasteiger partial charge in [0.05, 0.1) is 0 Å². The molecule has 0 saturated carbocycles. The molecule has 1 unspecified atom stereocenters. The number of nitrogens with one attached hydrogen (secondary N) is 1. The van der Waals surface area contributed by atoms with Crippen molar-refractivity contribution in [2.24, 2.45) is 0 Å². The molecule has 2 heteroatoms. The topological polar surface area (TPSA) is 12.0 Å². The molecule has 1 nitrogen and oxygen atoms in total. The highest BCUT2D eigenvalue weighted by atomic mass is 32.1. The smallest absolute Gasteiger partial charge is 0.00889 e. The molecule has 0 radical (unpaired) electrons. The van der Waals surface area contributed by atoms with Gasteiger partial charge in [0.1, 0.15) is 0 Å². The Kier molecular flexibility index (Phi) is 4.46. The van der Waals surface area contributed by atoms with Gasteiger partial charge >= 0.3 is 0 Å². The van der Waals surface area contributed by atoms with Crippen molar-refractivity contribution in [1.82, 2.24) is 5.32 Å². The second-order valence-corrected chi connectivity index (χ2v) is 4.87. The van der Waals surface area contributed by atoms with Crippen molar-refractivity contribution in [2.75, 3.05) is 13.1 Å². The number of rotatable bonds is 5. The molecule has 0 spiro atoms. The first-order valence-electron chi connectivity index (χ1n) is 5.01. The fourth-order valence-corrected chi connectivity index (χ4v) is 2.24. The Morgan fingerprint density at radius 2 is 2.23 bits per heavy atom. The van der Waals surface area contributed by atoms with Gasteiger partial charge in [-0.3, -0.25) is 0 Å². The molecule has 1 aromatic rings. The van der Waals surface area contributed by atoms with Gasteiger partial charge < -0.3 is 5.32 Å². The summed E-state index contributed by atoms with van der Waals surface area (Å²) in [5, 5.41) is 3.45. The third kappa shape index (κ3) is 3.49. The van der Waals surface area contributed by atoms with Crippen LogP contribution >= 0.6 is 11.3 Å². The van der Waals surface area contributed by atoms with E-state index in [4.69, 9.17) is 0 Å². The van der Waals surface area contributed by atoms with Crippen molar-refractivity contribution in [1.29, 1.82) is 0 Å². The highest BCUT2D eigenvalue weighted by molar-refractivity contribution is 7.12. The third-order valence-electron chi connectivity index (χ3n) is 2.12. The number of aryl methyl sites for hydroxylation is 1. The second kappa shape index (κ2) is 5.40. The van der Waals surface area contributed by atoms with E-state index in [1.165, 1.54) is 16.2 Å². The molecular formula is C11H19NS. The standard InChI is InChI=1S/C11H19NS/c1-4-7-12-8-9(2)11-6-5-10(3)13-11/h5-6,9,12H,4,7-8H2,1-3H3. The van der Waals surface area contributed by atoms with E-state index in [1.807, 2.05) is 11.3 Å². The van der Waals surface area contributed by atoms with Crippen LogP contribution in [-0.4, -0.2) is 13.1 Å². The van der Waals surface area contributed by atoms with Gasteiger partial charge in [-0.1, -0.05) is 13.8 Å². The lowest BCUT2D eigenvalue weighted by Gasteiger charge is -2.09. The van der Waals surface area contributed by atoms with Crippen molar-refractivity contribution >= 4 is 11.3 Å². The average Bonchev–Trinajstić information content (AvgIpc) is 2.52. The highest BCUT2D eigenvalue weighted by Gasteiger charge is 2.06. The molecule has 1 heterocycles. The van der Waals surface area contributed by atoms with E-state index in [9.17, 15) is 0 Å². The minimum atomic E-state index is 0.658. The third-order valence-corrected chi connectivity index (χ3v) is 3.36. The van der Waals surface area contributed by atoms with Crippen LogP contribution in [0.2, 0.25) is 0 Å². The Bertz CT molecular complexity index is 242. The molecule has 1 rings (SSSR count). The van der Waals surface area contributed by atoms with Crippen LogP contribution in [0, 0.1) is 6.92 Å². The molecule has 13 heavy (non-hydrogen) atoms. The van der Waals surface area contributed by atoms with Gasteiger partial charge in [-0.25, -0.2) is 0 Å². The van der Waals surface area contributed by atoms with Crippen LogP contribution in [-0.2, 0) is 0 Å². The summed E-state index contributed by atoms with van der Waals surface area (Å²) in [5.74, 6) is 0.658. The summed E-state index contributed by atoms with van der Waals surface area (Å²) in [4.78, 5) is 2.92. The Morgan fingerprint density at radius 3 is 2.77 bits per heavy atom. The minimum absolute atomic E-state index is 0.658. The molecule has 0 saturated heterocycles. The van der Waals surface area contributed by atoms with E-state index in [0.29, 0.717) is 5.92 Å². The molecule has 74 valence electrons. The van der Waals surface area contributed by atoms with Crippen LogP contribution in [0.5, 0.6) is 0 Å². The predicted octanol–water partition coefficient (Wildman–Crippen LogP) is 3.16. The van der Waals surface area contributed by atoms with Gasteiger partial charge in [0, 0.05) is 22.2 Å². The van der Waals surface area contributed by atoms with Crippen molar-refractivity contribution in [3.05, 3.63) is 21.9 Å². The lowest BCUT2D eigenvalue weighted by atomic mass is 10.1. The summed E-state index contributed by atoms with van der Waals surface area (Å²) in [6.45, 7) is 8.89. The molecule has 0 fully saturated rings. The van der Waals surface area contributed by atoms with Gasteiger partial charge in [0.2, 0.25) is 0 Å². The first-order chi connectivity index (χ1) is 6.24. The summed E-state index contributed by atoms with van der Waals surface area (Å²) in [6, 6.07) is 4.45. The summed E-state index contributed by atoms with van der Waals surface area (Å²) < 4.78 is 0. The molecule has 1 N–H and O–H groups in total. The molecule has 0 aliphatic heterocycles. The summed E-state index contributed by atoms with van der Waals surface area (Å²) in [5.41, 5.74) is 0. The molecule has 0 aliphatic carbocycles. The van der Waals surface area contributed by atoms with E-state index >= 15 is 0 Å². The SMILES string of the molecule is CCCNCC(C)c1ccc(C)s1. The first-order valence-corrected chi connectivity index (χ1v) is 5.82. The Balaban J connectivity index is 2.35. The summed E-state index contributed by atoms with van der Waals surface area (Å²) in [6.07, 6.45) is 1.22. The zero-order chi connectivity index (χ0) is 9.68. The van der Waals surface area contributed by atoms with Gasteiger partial charge in [-0.15, -0.1) is 11.3 Å². The molecular weight excluding hydrogens is 178 g/mol. The van der Waals surface area contributed by atoms with Crippen molar-refractivity contribution in [2.45, 2.75) is 33.1 Å². The molecule has 0 amide bonds. The van der Waals surface area contributed by atoms with Gasteiger partial charge in [0.15, 0.2) is 0 Å². The lowest BCUT2D eigenvalue weighted by molar-refractivity contribution is 0.614. The maximum absolute atomic E-state index is 3.45. The van der Waals surface area contributed by atoms with E-state index in [-0.39, 0.29) is 0 Å². The Morgan fingerprint density at radius 1 is 1.46 bits per heavy atom. The maximum atomic E-state index is 3.45. The predicted molar refractivity (Wildman–Crippen MR) is 60.6 cm³/mol. The van der Waals surface area contributed by atoms with E-state index < -0.39 is 0 Å². The van der Waals surface area contributed by atoms with E-state index in [0.717, 1.165) is 13.1 Å². The summed E-state index contributed by atoms with van der Waals surface area (Å²) in [7, 11) is 0. The van der Waals surface area contributed by atoms with Crippen LogP contribution in [0.25, 0.3) is 0 Å². The van der Waals surface area contributed by atoms with Gasteiger partial charge in [0.25, 0.3) is 0 Å². The molecule has 0 aromatic carbocycles. The van der Waals surface area contributed by atoms with E-state index in [2.05, 4.69) is 38.2 Å². The van der Waals surface area contributed by atoms with Crippen LogP contribution in [0.3, 0.4) is 0 Å². The van der Waals surface area contributed by atoms with Crippen LogP contribution < -0.4 is 5.32 Å². The quantitative estimate of drug-likeness (QED) is 0.715. The second-order valence-electron chi connectivity index (χ2n) is 3.55. The van der Waals surface area contributed by atoms with Crippen molar-refractivity contribution < 1.29 is 0 Å². The average molecular weight is 197 g/mol. The lowest BCUT2D eigenvalue weighted by Crippen LogP contribution is -2.20. The van der Waals surface area contributed by atoms with Crippen LogP contribution in [0.15, 0.2) is 12.1 Å². The zero-order valence-electron chi connectivity index (χ0n) is 8.76. The monoisotopic (exact) mass is 197 g/mol. The van der Waals surface area contributed by atoms with E-state index in [1.54, 1.807) is 0 Å². The number of thiophene rings is 1. The zero-order valence-corrected chi connectivity index (χ0v) is 9.58. The molecule has 1 atom stereocenters. The first kappa shape index (κ1) is 10.7. The fourth-order valence-electron chi connectivity index (χ4n) is 1.31. The number of hydrogen-bond acceptors (Lipinski definition) is 2. The minimum Gasteiger partial charge on any atom is -0.316 e. The fraction of sp³-hybridized carbons (Fsp3) is 0.636. The Hall–Kier alpha value is -0.340. The highest BCUT2D eigenvalue weighted by Crippen LogP contribution is 2.23. The number of hydrogen-bond donors (Lipinski definition) is 1. The maximum Gasteiger partial charge on any atom is 0.00889 e. The largest absolute Gasteiger partial charge is 0.316 e. The normalized spacial score (nSPS) is 13.2. The van der Waals surface area contributed by atoms with Gasteiger partial charge in [-0.2, -0.15) is 0 Å². The molecule has 1 aromatic heterocycles. The van der Waals surface area contributed by atoms with Gasteiger partial charge in [-0.05, 0) is 32.0 Å².